The summed E-state index contributed by atoms with van der Waals surface area (Å²) in [5.41, 5.74) is 2.05. The van der Waals surface area contributed by atoms with E-state index in [1.807, 2.05) is 30.0 Å². The molecule has 1 amide bonds. The van der Waals surface area contributed by atoms with Crippen molar-refractivity contribution in [2.75, 3.05) is 37.8 Å². The first-order valence-electron chi connectivity index (χ1n) is 8.42. The topological polar surface area (TPSA) is 56.7 Å². The minimum atomic E-state index is -0.0601. The SMILES string of the molecule is CCc1cccc(NC(=O)CNC(=NC)N2CCSC(C)(C)C2)c1.I. The lowest BCUT2D eigenvalue weighted by molar-refractivity contribution is -0.115. The Morgan fingerprint density at radius 3 is 2.80 bits per heavy atom. The number of anilines is 1. The second kappa shape index (κ2) is 10.3. The van der Waals surface area contributed by atoms with Crippen LogP contribution < -0.4 is 10.6 Å². The normalized spacial score (nSPS) is 16.8. The van der Waals surface area contributed by atoms with Gasteiger partial charge in [0, 0.05) is 36.3 Å². The molecule has 2 rings (SSSR count). The maximum Gasteiger partial charge on any atom is 0.243 e. The number of nitrogens with zero attached hydrogens (tertiary/aromatic N) is 2. The van der Waals surface area contributed by atoms with Crippen LogP contribution in [-0.2, 0) is 11.2 Å². The Hall–Kier alpha value is -0.960. The second-order valence-electron chi connectivity index (χ2n) is 6.53. The number of hydrogen-bond acceptors (Lipinski definition) is 3. The number of carbonyl (C=O) groups excluding carboxylic acids is 1. The molecule has 1 fully saturated rings. The summed E-state index contributed by atoms with van der Waals surface area (Å²) in [6, 6.07) is 7.95. The molecule has 0 bridgehead atoms. The fourth-order valence-electron chi connectivity index (χ4n) is 2.76. The molecule has 0 radical (unpaired) electrons. The van der Waals surface area contributed by atoms with Crippen LogP contribution in [-0.4, -0.2) is 53.9 Å². The Morgan fingerprint density at radius 1 is 1.40 bits per heavy atom. The van der Waals surface area contributed by atoms with Crippen molar-refractivity contribution in [3.63, 3.8) is 0 Å². The van der Waals surface area contributed by atoms with Crippen molar-refractivity contribution in [2.24, 2.45) is 4.99 Å². The van der Waals surface area contributed by atoms with Gasteiger partial charge in [-0.05, 0) is 38.0 Å². The van der Waals surface area contributed by atoms with E-state index in [-0.39, 0.29) is 41.2 Å². The summed E-state index contributed by atoms with van der Waals surface area (Å²) in [5.74, 6) is 1.81. The Morgan fingerprint density at radius 2 is 2.16 bits per heavy atom. The van der Waals surface area contributed by atoms with Crippen LogP contribution in [0.3, 0.4) is 0 Å². The summed E-state index contributed by atoms with van der Waals surface area (Å²) in [6.45, 7) is 8.68. The summed E-state index contributed by atoms with van der Waals surface area (Å²) in [7, 11) is 1.76. The van der Waals surface area contributed by atoms with Crippen molar-refractivity contribution in [3.8, 4) is 0 Å². The molecule has 1 aliphatic rings. The van der Waals surface area contributed by atoms with Gasteiger partial charge in [-0.15, -0.1) is 24.0 Å². The van der Waals surface area contributed by atoms with Crippen molar-refractivity contribution in [1.29, 1.82) is 0 Å². The van der Waals surface area contributed by atoms with Gasteiger partial charge in [-0.1, -0.05) is 19.1 Å². The largest absolute Gasteiger partial charge is 0.347 e. The zero-order chi connectivity index (χ0) is 17.6. The van der Waals surface area contributed by atoms with E-state index in [0.29, 0.717) is 0 Å². The third kappa shape index (κ3) is 7.05. The average molecular weight is 476 g/mol. The van der Waals surface area contributed by atoms with Crippen molar-refractivity contribution in [1.82, 2.24) is 10.2 Å². The molecule has 25 heavy (non-hydrogen) atoms. The summed E-state index contributed by atoms with van der Waals surface area (Å²) in [6.07, 6.45) is 0.956. The standard InChI is InChI=1S/C18H28N4OS.HI/c1-5-14-7-6-8-15(11-14)21-16(23)12-20-17(19-4)22-9-10-24-18(2,3)13-22;/h6-8,11H,5,9-10,12-13H2,1-4H3,(H,19,20)(H,21,23);1H. The maximum atomic E-state index is 12.2. The third-order valence-corrected chi connectivity index (χ3v) is 5.26. The quantitative estimate of drug-likeness (QED) is 0.398. The van der Waals surface area contributed by atoms with Crippen LogP contribution in [0.2, 0.25) is 0 Å². The highest BCUT2D eigenvalue weighted by Crippen LogP contribution is 2.29. The van der Waals surface area contributed by atoms with Crippen LogP contribution >= 0.6 is 35.7 Å². The average Bonchev–Trinajstić information content (AvgIpc) is 2.54. The fourth-order valence-corrected chi connectivity index (χ4v) is 3.87. The lowest BCUT2D eigenvalue weighted by atomic mass is 10.1. The molecule has 5 nitrogen and oxygen atoms in total. The Kier molecular flexibility index (Phi) is 9.06. The first kappa shape index (κ1) is 22.1. The van der Waals surface area contributed by atoms with E-state index in [9.17, 15) is 4.79 Å². The molecule has 0 atom stereocenters. The first-order chi connectivity index (χ1) is 11.4. The molecule has 0 aliphatic carbocycles. The third-order valence-electron chi connectivity index (χ3n) is 3.96. The number of benzene rings is 1. The minimum absolute atomic E-state index is 0. The van der Waals surface area contributed by atoms with E-state index in [1.54, 1.807) is 7.05 Å². The zero-order valence-electron chi connectivity index (χ0n) is 15.5. The molecular weight excluding hydrogens is 447 g/mol. The Balaban J connectivity index is 0.00000312. The van der Waals surface area contributed by atoms with E-state index in [0.717, 1.165) is 36.9 Å². The summed E-state index contributed by atoms with van der Waals surface area (Å²) >= 11 is 1.98. The van der Waals surface area contributed by atoms with Crippen molar-refractivity contribution < 1.29 is 4.79 Å². The van der Waals surface area contributed by atoms with Crippen molar-refractivity contribution in [2.45, 2.75) is 31.9 Å². The Bertz CT molecular complexity index is 606. The second-order valence-corrected chi connectivity index (χ2v) is 8.33. The molecule has 1 saturated heterocycles. The van der Waals surface area contributed by atoms with E-state index in [4.69, 9.17) is 0 Å². The number of amides is 1. The monoisotopic (exact) mass is 476 g/mol. The van der Waals surface area contributed by atoms with Crippen molar-refractivity contribution in [3.05, 3.63) is 29.8 Å². The molecule has 2 N–H and O–H groups in total. The highest BCUT2D eigenvalue weighted by molar-refractivity contribution is 14.0. The fraction of sp³-hybridized carbons (Fsp3) is 0.556. The Labute approximate surface area is 172 Å². The smallest absolute Gasteiger partial charge is 0.243 e. The molecule has 0 spiro atoms. The van der Waals surface area contributed by atoms with Gasteiger partial charge in [0.1, 0.15) is 0 Å². The van der Waals surface area contributed by atoms with E-state index < -0.39 is 0 Å². The molecule has 1 aliphatic heterocycles. The maximum absolute atomic E-state index is 12.2. The van der Waals surface area contributed by atoms with Crippen LogP contribution in [0.5, 0.6) is 0 Å². The molecular formula is C18H29IN4OS. The first-order valence-corrected chi connectivity index (χ1v) is 9.40. The number of aliphatic imine (C=N–C) groups is 1. The number of rotatable bonds is 4. The van der Waals surface area contributed by atoms with Crippen molar-refractivity contribution >= 4 is 53.3 Å². The van der Waals surface area contributed by atoms with E-state index in [1.165, 1.54) is 5.56 Å². The highest BCUT2D eigenvalue weighted by Gasteiger charge is 2.28. The number of carbonyl (C=O) groups is 1. The minimum Gasteiger partial charge on any atom is -0.347 e. The van der Waals surface area contributed by atoms with Gasteiger partial charge < -0.3 is 15.5 Å². The summed E-state index contributed by atoms with van der Waals surface area (Å²) in [5, 5.41) is 6.12. The van der Waals surface area contributed by atoms with Gasteiger partial charge in [-0.2, -0.15) is 11.8 Å². The molecule has 140 valence electrons. The lowest BCUT2D eigenvalue weighted by Crippen LogP contribution is -2.52. The summed E-state index contributed by atoms with van der Waals surface area (Å²) < 4.78 is 0.207. The molecule has 1 aromatic carbocycles. The molecule has 0 aromatic heterocycles. The lowest BCUT2D eigenvalue weighted by Gasteiger charge is -2.39. The zero-order valence-corrected chi connectivity index (χ0v) is 18.6. The van der Waals surface area contributed by atoms with E-state index in [2.05, 4.69) is 47.4 Å². The van der Waals surface area contributed by atoms with E-state index >= 15 is 0 Å². The van der Waals surface area contributed by atoms with Crippen LogP contribution in [0, 0.1) is 0 Å². The number of guanidine groups is 1. The number of aryl methyl sites for hydroxylation is 1. The molecule has 1 heterocycles. The summed E-state index contributed by atoms with van der Waals surface area (Å²) in [4.78, 5) is 18.7. The van der Waals surface area contributed by atoms with Crippen LogP contribution in [0.1, 0.15) is 26.3 Å². The predicted molar refractivity (Wildman–Crippen MR) is 119 cm³/mol. The number of thioether (sulfide) groups is 1. The van der Waals surface area contributed by atoms with Crippen LogP contribution in [0.4, 0.5) is 5.69 Å². The predicted octanol–water partition coefficient (Wildman–Crippen LogP) is 3.21. The molecule has 0 unspecified atom stereocenters. The number of halogens is 1. The number of hydrogen-bond donors (Lipinski definition) is 2. The van der Waals surface area contributed by atoms with Gasteiger partial charge in [0.25, 0.3) is 0 Å². The van der Waals surface area contributed by atoms with Gasteiger partial charge >= 0.3 is 0 Å². The molecule has 0 saturated carbocycles. The van der Waals surface area contributed by atoms with Gasteiger partial charge in [0.05, 0.1) is 6.54 Å². The van der Waals surface area contributed by atoms with Gasteiger partial charge in [-0.3, -0.25) is 9.79 Å². The number of nitrogens with one attached hydrogen (secondary N) is 2. The highest BCUT2D eigenvalue weighted by atomic mass is 127. The van der Waals surface area contributed by atoms with Gasteiger partial charge in [0.15, 0.2) is 5.96 Å². The van der Waals surface area contributed by atoms with Gasteiger partial charge in [0.2, 0.25) is 5.91 Å². The van der Waals surface area contributed by atoms with Crippen LogP contribution in [0.25, 0.3) is 0 Å². The molecule has 7 heteroatoms. The van der Waals surface area contributed by atoms with Gasteiger partial charge in [-0.25, -0.2) is 0 Å². The van der Waals surface area contributed by atoms with Crippen LogP contribution in [0.15, 0.2) is 29.3 Å². The molecule has 1 aromatic rings.